The summed E-state index contributed by atoms with van der Waals surface area (Å²) in [6.07, 6.45) is 2.60. The van der Waals surface area contributed by atoms with Crippen LogP contribution in [0, 0.1) is 17.3 Å². The molecule has 0 aliphatic carbocycles. The molecule has 1 nitrogen and oxygen atoms in total. The maximum absolute atomic E-state index is 4.73. The molecule has 1 fully saturated rings. The Morgan fingerprint density at radius 1 is 0.941 bits per heavy atom. The molecule has 0 amide bonds. The fraction of sp³-hybridized carbons (Fsp3) is 1.00. The average Bonchev–Trinajstić information content (AvgIpc) is 2.17. The van der Waals surface area contributed by atoms with Gasteiger partial charge in [-0.3, -0.25) is 0 Å². The highest BCUT2D eigenvalue weighted by Gasteiger charge is 2.42. The van der Waals surface area contributed by atoms with Crippen LogP contribution in [0.5, 0.6) is 0 Å². The number of rotatable bonds is 3. The van der Waals surface area contributed by atoms with E-state index in [-0.39, 0.29) is 4.75 Å². The number of likely N-dealkylation sites (tertiary alicyclic amines) is 1. The van der Waals surface area contributed by atoms with Crippen LogP contribution in [0.4, 0.5) is 0 Å². The smallest absolute Gasteiger partial charge is 0.0816 e. The summed E-state index contributed by atoms with van der Waals surface area (Å²) in [7, 11) is 4.75. The molecule has 1 saturated heterocycles. The van der Waals surface area contributed by atoms with Gasteiger partial charge in [-0.1, -0.05) is 34.6 Å². The lowest BCUT2D eigenvalue weighted by atomic mass is 9.77. The molecular weight excluding hydrogens is 226 g/mol. The van der Waals surface area contributed by atoms with Crippen molar-refractivity contribution in [2.45, 2.75) is 52.2 Å². The average molecular weight is 258 g/mol. The van der Waals surface area contributed by atoms with Gasteiger partial charge in [0.1, 0.15) is 0 Å². The first-order valence-electron chi connectivity index (χ1n) is 6.92. The molecule has 0 bridgehead atoms. The van der Waals surface area contributed by atoms with Crippen LogP contribution in [0.3, 0.4) is 0 Å². The number of quaternary nitrogens is 1. The molecule has 1 heterocycles. The Morgan fingerprint density at radius 2 is 1.35 bits per heavy atom. The number of nitrogens with zero attached hydrogens (tertiary/aromatic N) is 1. The minimum Gasteiger partial charge on any atom is -0.328 e. The van der Waals surface area contributed by atoms with Crippen molar-refractivity contribution >= 4 is 12.6 Å². The fourth-order valence-electron chi connectivity index (χ4n) is 3.53. The van der Waals surface area contributed by atoms with Crippen LogP contribution in [0.1, 0.15) is 47.5 Å². The van der Waals surface area contributed by atoms with E-state index in [0.29, 0.717) is 5.41 Å². The molecule has 2 heteroatoms. The molecule has 0 spiro atoms. The molecule has 0 saturated carbocycles. The standard InChI is InChI=1S/C15H31NS/c1-14(2,3)8-12-10-16(6,7)11-13(12)9-15(4,5)17/h12-13H,8-11H2,1-7H3/p+1. The molecule has 2 atom stereocenters. The Balaban J connectivity index is 2.72. The van der Waals surface area contributed by atoms with E-state index in [4.69, 9.17) is 12.6 Å². The summed E-state index contributed by atoms with van der Waals surface area (Å²) >= 11 is 4.73. The van der Waals surface area contributed by atoms with Crippen molar-refractivity contribution in [3.8, 4) is 0 Å². The third-order valence-corrected chi connectivity index (χ3v) is 3.94. The Labute approximate surface area is 114 Å². The summed E-state index contributed by atoms with van der Waals surface area (Å²) in [5.74, 6) is 1.72. The van der Waals surface area contributed by atoms with E-state index >= 15 is 0 Å². The van der Waals surface area contributed by atoms with Gasteiger partial charge >= 0.3 is 0 Å². The summed E-state index contributed by atoms with van der Waals surface area (Å²) in [6.45, 7) is 14.3. The zero-order valence-electron chi connectivity index (χ0n) is 12.9. The van der Waals surface area contributed by atoms with Gasteiger partial charge in [-0.25, -0.2) is 0 Å². The van der Waals surface area contributed by atoms with Crippen LogP contribution in [0.15, 0.2) is 0 Å². The normalized spacial score (nSPS) is 29.6. The topological polar surface area (TPSA) is 0 Å². The summed E-state index contributed by atoms with van der Waals surface area (Å²) in [6, 6.07) is 0. The molecule has 1 rings (SSSR count). The van der Waals surface area contributed by atoms with E-state index in [2.05, 4.69) is 48.7 Å². The predicted molar refractivity (Wildman–Crippen MR) is 80.6 cm³/mol. The number of hydrogen-bond acceptors (Lipinski definition) is 1. The van der Waals surface area contributed by atoms with E-state index in [0.717, 1.165) is 11.8 Å². The van der Waals surface area contributed by atoms with Gasteiger partial charge in [0.15, 0.2) is 0 Å². The van der Waals surface area contributed by atoms with Crippen molar-refractivity contribution in [2.75, 3.05) is 27.2 Å². The molecule has 0 N–H and O–H groups in total. The Hall–Kier alpha value is 0.310. The lowest BCUT2D eigenvalue weighted by Crippen LogP contribution is -2.37. The molecule has 1 aliphatic heterocycles. The lowest BCUT2D eigenvalue weighted by molar-refractivity contribution is -0.880. The minimum absolute atomic E-state index is 0.172. The van der Waals surface area contributed by atoms with Crippen molar-refractivity contribution < 1.29 is 4.48 Å². The van der Waals surface area contributed by atoms with Crippen molar-refractivity contribution in [3.05, 3.63) is 0 Å². The van der Waals surface area contributed by atoms with Gasteiger partial charge in [-0.15, -0.1) is 0 Å². The molecule has 0 aromatic carbocycles. The Kier molecular flexibility index (Phi) is 4.31. The van der Waals surface area contributed by atoms with E-state index in [9.17, 15) is 0 Å². The third-order valence-electron chi connectivity index (χ3n) is 3.76. The first-order chi connectivity index (χ1) is 7.38. The van der Waals surface area contributed by atoms with Gasteiger partial charge in [0, 0.05) is 16.6 Å². The largest absolute Gasteiger partial charge is 0.328 e. The maximum Gasteiger partial charge on any atom is 0.0816 e. The van der Waals surface area contributed by atoms with Crippen molar-refractivity contribution in [1.82, 2.24) is 0 Å². The second-order valence-electron chi connectivity index (χ2n) is 8.60. The molecule has 1 aliphatic rings. The maximum atomic E-state index is 4.73. The van der Waals surface area contributed by atoms with Crippen LogP contribution < -0.4 is 0 Å². The summed E-state index contributed by atoms with van der Waals surface area (Å²) in [5, 5.41) is 0. The zero-order valence-corrected chi connectivity index (χ0v) is 13.8. The number of hydrogen-bond donors (Lipinski definition) is 1. The SMILES string of the molecule is CC(C)(C)CC1C[N+](C)(C)CC1CC(C)(C)S. The van der Waals surface area contributed by atoms with Crippen molar-refractivity contribution in [1.29, 1.82) is 0 Å². The van der Waals surface area contributed by atoms with Gasteiger partial charge in [0.05, 0.1) is 27.2 Å². The van der Waals surface area contributed by atoms with E-state index in [1.807, 2.05) is 0 Å². The second-order valence-corrected chi connectivity index (χ2v) is 9.81. The summed E-state index contributed by atoms with van der Waals surface area (Å²) in [4.78, 5) is 0. The highest BCUT2D eigenvalue weighted by atomic mass is 32.1. The molecule has 0 radical (unpaired) electrons. The molecular formula is C15H32NS+. The van der Waals surface area contributed by atoms with Gasteiger partial charge in [-0.2, -0.15) is 12.6 Å². The highest BCUT2D eigenvalue weighted by molar-refractivity contribution is 7.81. The van der Waals surface area contributed by atoms with Crippen LogP contribution >= 0.6 is 12.6 Å². The third kappa shape index (κ3) is 5.65. The Morgan fingerprint density at radius 3 is 1.71 bits per heavy atom. The minimum atomic E-state index is 0.172. The highest BCUT2D eigenvalue weighted by Crippen LogP contribution is 2.40. The van der Waals surface area contributed by atoms with Gasteiger partial charge in [-0.05, 0) is 18.3 Å². The Bertz CT molecular complexity index is 231. The van der Waals surface area contributed by atoms with E-state index in [1.165, 1.54) is 30.4 Å². The first kappa shape index (κ1) is 15.4. The predicted octanol–water partition coefficient (Wildman–Crippen LogP) is 3.84. The van der Waals surface area contributed by atoms with Crippen molar-refractivity contribution in [3.63, 3.8) is 0 Å². The molecule has 2 unspecified atom stereocenters. The molecule has 17 heavy (non-hydrogen) atoms. The lowest BCUT2D eigenvalue weighted by Gasteiger charge is -2.28. The van der Waals surface area contributed by atoms with Gasteiger partial charge in [0.25, 0.3) is 0 Å². The van der Waals surface area contributed by atoms with Crippen LogP contribution in [0.2, 0.25) is 0 Å². The molecule has 102 valence electrons. The van der Waals surface area contributed by atoms with Crippen molar-refractivity contribution in [2.24, 2.45) is 17.3 Å². The second kappa shape index (κ2) is 4.77. The number of thiol groups is 1. The summed E-state index contributed by atoms with van der Waals surface area (Å²) < 4.78 is 1.36. The van der Waals surface area contributed by atoms with E-state index < -0.39 is 0 Å². The first-order valence-corrected chi connectivity index (χ1v) is 7.37. The monoisotopic (exact) mass is 258 g/mol. The fourth-order valence-corrected chi connectivity index (χ4v) is 3.77. The molecule has 0 aromatic rings. The van der Waals surface area contributed by atoms with Gasteiger partial charge < -0.3 is 4.48 Å². The van der Waals surface area contributed by atoms with Crippen LogP contribution in [-0.4, -0.2) is 36.4 Å². The van der Waals surface area contributed by atoms with Crippen LogP contribution in [0.25, 0.3) is 0 Å². The quantitative estimate of drug-likeness (QED) is 0.577. The van der Waals surface area contributed by atoms with Gasteiger partial charge in [0.2, 0.25) is 0 Å². The van der Waals surface area contributed by atoms with E-state index in [1.54, 1.807) is 0 Å². The zero-order chi connectivity index (χ0) is 13.5. The summed E-state index contributed by atoms with van der Waals surface area (Å²) in [5.41, 5.74) is 0.452. The molecule has 0 aromatic heterocycles. The van der Waals surface area contributed by atoms with Crippen LogP contribution in [-0.2, 0) is 0 Å².